The number of piperazine rings is 1. The van der Waals surface area contributed by atoms with Gasteiger partial charge in [-0.1, -0.05) is 24.3 Å². The SMILES string of the molecule is Cc1c(NC(=O)c2cc3c(s2)CCCC3)cccc1C1=CN(C)C(O)C(Nc2ccc(C3C(=O)N(C)CCN3C)cc2)=N1. The number of amidine groups is 1. The van der Waals surface area contributed by atoms with E-state index in [1.807, 2.05) is 69.6 Å². The topological polar surface area (TPSA) is 101 Å². The van der Waals surface area contributed by atoms with Crippen LogP contribution in [-0.2, 0) is 17.6 Å². The van der Waals surface area contributed by atoms with Crippen LogP contribution in [0, 0.1) is 6.92 Å². The second kappa shape index (κ2) is 11.9. The number of nitrogens with one attached hydrogen (secondary N) is 2. The third-order valence-electron chi connectivity index (χ3n) is 8.61. The first kappa shape index (κ1) is 29.1. The van der Waals surface area contributed by atoms with E-state index < -0.39 is 6.23 Å². The number of aliphatic imine (C=N–C) groups is 1. The van der Waals surface area contributed by atoms with E-state index in [2.05, 4.69) is 15.5 Å². The highest BCUT2D eigenvalue weighted by molar-refractivity contribution is 7.14. The highest BCUT2D eigenvalue weighted by atomic mass is 32.1. The predicted octanol–water partition coefficient (Wildman–Crippen LogP) is 4.71. The van der Waals surface area contributed by atoms with Gasteiger partial charge in [0.15, 0.2) is 12.1 Å². The lowest BCUT2D eigenvalue weighted by atomic mass is 9.99. The normalized spacial score (nSPS) is 20.8. The predicted molar refractivity (Wildman–Crippen MR) is 172 cm³/mol. The number of fused-ring (bicyclic) bond motifs is 1. The number of carbonyl (C=O) groups is 2. The number of hydrogen-bond acceptors (Lipinski definition) is 8. The Bertz CT molecular complexity index is 1590. The number of likely N-dealkylation sites (N-methyl/N-ethyl adjacent to an activating group) is 3. The van der Waals surface area contributed by atoms with Crippen molar-refractivity contribution in [2.24, 2.45) is 4.99 Å². The monoisotopic (exact) mass is 598 g/mol. The number of rotatable bonds is 5. The van der Waals surface area contributed by atoms with E-state index in [1.165, 1.54) is 23.3 Å². The summed E-state index contributed by atoms with van der Waals surface area (Å²) in [4.78, 5) is 38.4. The maximum absolute atomic E-state index is 13.2. The first-order valence-corrected chi connectivity index (χ1v) is 15.6. The summed E-state index contributed by atoms with van der Waals surface area (Å²) in [5.41, 5.74) is 6.15. The van der Waals surface area contributed by atoms with Gasteiger partial charge in [0.2, 0.25) is 5.91 Å². The fourth-order valence-corrected chi connectivity index (χ4v) is 7.12. The van der Waals surface area contributed by atoms with E-state index in [1.54, 1.807) is 34.4 Å². The fourth-order valence-electron chi connectivity index (χ4n) is 5.97. The molecule has 1 fully saturated rings. The summed E-state index contributed by atoms with van der Waals surface area (Å²) in [5, 5.41) is 17.3. The molecule has 1 aromatic heterocycles. The largest absolute Gasteiger partial charge is 0.367 e. The van der Waals surface area contributed by atoms with Crippen molar-refractivity contribution in [3.8, 4) is 0 Å². The number of thiophene rings is 1. The zero-order valence-electron chi connectivity index (χ0n) is 25.1. The maximum atomic E-state index is 13.2. The molecule has 6 rings (SSSR count). The number of anilines is 2. The van der Waals surface area contributed by atoms with Crippen LogP contribution in [0.3, 0.4) is 0 Å². The molecule has 0 radical (unpaired) electrons. The molecule has 3 N–H and O–H groups in total. The van der Waals surface area contributed by atoms with Crippen molar-refractivity contribution in [3.63, 3.8) is 0 Å². The molecule has 43 heavy (non-hydrogen) atoms. The molecule has 9 nitrogen and oxygen atoms in total. The molecule has 0 bridgehead atoms. The van der Waals surface area contributed by atoms with Crippen LogP contribution in [0.4, 0.5) is 11.4 Å². The number of hydrogen-bond donors (Lipinski definition) is 3. The lowest BCUT2D eigenvalue weighted by Gasteiger charge is -2.37. The lowest BCUT2D eigenvalue weighted by Crippen LogP contribution is -2.48. The van der Waals surface area contributed by atoms with E-state index in [-0.39, 0.29) is 17.9 Å². The molecular formula is C33H38N6O3S. The fraction of sp³-hybridized carbons (Fsp3) is 0.364. The van der Waals surface area contributed by atoms with E-state index >= 15 is 0 Å². The van der Waals surface area contributed by atoms with Gasteiger partial charge in [0, 0.05) is 55.2 Å². The van der Waals surface area contributed by atoms with Crippen molar-refractivity contribution < 1.29 is 14.7 Å². The minimum Gasteiger partial charge on any atom is -0.367 e. The molecule has 3 heterocycles. The minimum absolute atomic E-state index is 0.0845. The zero-order valence-corrected chi connectivity index (χ0v) is 25.9. The van der Waals surface area contributed by atoms with Gasteiger partial charge in [0.05, 0.1) is 10.6 Å². The maximum Gasteiger partial charge on any atom is 0.265 e. The quantitative estimate of drug-likeness (QED) is 0.394. The number of amides is 2. The molecule has 3 aromatic rings. The second-order valence-corrected chi connectivity index (χ2v) is 12.8. The number of aryl methyl sites for hydroxylation is 2. The summed E-state index contributed by atoms with van der Waals surface area (Å²) < 4.78 is 0. The van der Waals surface area contributed by atoms with Crippen molar-refractivity contribution in [2.45, 2.75) is 44.9 Å². The van der Waals surface area contributed by atoms with Crippen LogP contribution in [0.2, 0.25) is 0 Å². The van der Waals surface area contributed by atoms with Gasteiger partial charge in [-0.3, -0.25) is 14.5 Å². The Morgan fingerprint density at radius 2 is 1.81 bits per heavy atom. The van der Waals surface area contributed by atoms with Crippen LogP contribution in [0.25, 0.3) is 5.70 Å². The summed E-state index contributed by atoms with van der Waals surface area (Å²) >= 11 is 1.60. The molecule has 2 aliphatic heterocycles. The minimum atomic E-state index is -0.962. The number of carbonyl (C=O) groups excluding carboxylic acids is 2. The third kappa shape index (κ3) is 5.82. The van der Waals surface area contributed by atoms with Crippen molar-refractivity contribution in [1.82, 2.24) is 14.7 Å². The summed E-state index contributed by atoms with van der Waals surface area (Å²) in [7, 11) is 5.60. The average Bonchev–Trinajstić information content (AvgIpc) is 3.44. The zero-order chi connectivity index (χ0) is 30.2. The van der Waals surface area contributed by atoms with Crippen molar-refractivity contribution in [1.29, 1.82) is 0 Å². The Kier molecular flexibility index (Phi) is 8.09. The molecule has 3 aliphatic rings. The number of aliphatic hydroxyl groups excluding tert-OH is 1. The van der Waals surface area contributed by atoms with Gasteiger partial charge in [-0.15, -0.1) is 11.3 Å². The van der Waals surface area contributed by atoms with Crippen molar-refractivity contribution in [2.75, 3.05) is 44.9 Å². The van der Waals surface area contributed by atoms with Crippen LogP contribution in [0.5, 0.6) is 0 Å². The highest BCUT2D eigenvalue weighted by Gasteiger charge is 2.32. The second-order valence-electron chi connectivity index (χ2n) is 11.6. The average molecular weight is 599 g/mol. The Morgan fingerprint density at radius 3 is 2.58 bits per heavy atom. The molecular weight excluding hydrogens is 560 g/mol. The van der Waals surface area contributed by atoms with Crippen LogP contribution in [-0.4, -0.2) is 77.9 Å². The molecule has 2 unspecified atom stereocenters. The molecule has 0 spiro atoms. The Morgan fingerprint density at radius 1 is 1.05 bits per heavy atom. The van der Waals surface area contributed by atoms with Crippen molar-refractivity contribution >= 4 is 46.1 Å². The summed E-state index contributed by atoms with van der Waals surface area (Å²) in [5.74, 6) is 0.379. The lowest BCUT2D eigenvalue weighted by molar-refractivity contribution is -0.139. The molecule has 224 valence electrons. The van der Waals surface area contributed by atoms with Gasteiger partial charge in [-0.25, -0.2) is 4.99 Å². The van der Waals surface area contributed by atoms with Crippen molar-refractivity contribution in [3.05, 3.63) is 86.7 Å². The first-order valence-electron chi connectivity index (χ1n) is 14.7. The first-order chi connectivity index (χ1) is 20.7. The van der Waals surface area contributed by atoms with E-state index in [9.17, 15) is 14.7 Å². The van der Waals surface area contributed by atoms with Crippen LogP contribution < -0.4 is 10.6 Å². The molecule has 2 amide bonds. The van der Waals surface area contributed by atoms with Crippen LogP contribution in [0.1, 0.15) is 55.7 Å². The molecule has 10 heteroatoms. The molecule has 1 saturated heterocycles. The van der Waals surface area contributed by atoms with Gasteiger partial charge in [0.25, 0.3) is 5.91 Å². The third-order valence-corrected chi connectivity index (χ3v) is 9.85. The Hall–Kier alpha value is -3.99. The molecule has 0 saturated carbocycles. The standard InChI is InChI=1S/C33H38N6O3S/c1-20-24(9-7-10-25(20)36-31(40)28-18-22-8-5-6-11-27(22)43-28)26-19-39(4)33(42)30(35-26)34-23-14-12-21(13-15-23)29-32(41)38(3)17-16-37(29)2/h7,9-10,12-15,18-19,29,33,42H,5-6,8,11,16-17H2,1-4H3,(H,34,35)(H,36,40). The van der Waals surface area contributed by atoms with E-state index in [4.69, 9.17) is 4.99 Å². The highest BCUT2D eigenvalue weighted by Crippen LogP contribution is 2.33. The Labute approximate surface area is 256 Å². The Balaban J connectivity index is 1.20. The van der Waals surface area contributed by atoms with Gasteiger partial charge < -0.3 is 25.5 Å². The molecule has 1 aliphatic carbocycles. The van der Waals surface area contributed by atoms with Gasteiger partial charge in [-0.05, 0) is 80.6 Å². The number of aliphatic hydroxyl groups is 1. The van der Waals surface area contributed by atoms with Gasteiger partial charge in [0.1, 0.15) is 6.04 Å². The summed E-state index contributed by atoms with van der Waals surface area (Å²) in [6.45, 7) is 3.51. The molecule has 2 atom stereocenters. The van der Waals surface area contributed by atoms with Crippen LogP contribution in [0.15, 0.2) is 59.7 Å². The number of benzene rings is 2. The smallest absolute Gasteiger partial charge is 0.265 e. The van der Waals surface area contributed by atoms with E-state index in [0.717, 1.165) is 58.9 Å². The molecule has 2 aromatic carbocycles. The van der Waals surface area contributed by atoms with E-state index in [0.29, 0.717) is 11.5 Å². The van der Waals surface area contributed by atoms with Crippen LogP contribution >= 0.6 is 11.3 Å². The number of nitrogens with zero attached hydrogens (tertiary/aromatic N) is 4. The van der Waals surface area contributed by atoms with Gasteiger partial charge in [-0.2, -0.15) is 0 Å². The summed E-state index contributed by atoms with van der Waals surface area (Å²) in [6.07, 6.45) is 5.33. The van der Waals surface area contributed by atoms with Gasteiger partial charge >= 0.3 is 0 Å². The summed E-state index contributed by atoms with van der Waals surface area (Å²) in [6, 6.07) is 15.2.